The second-order valence-electron chi connectivity index (χ2n) is 5.56. The Balaban J connectivity index is 2.58. The van der Waals surface area contributed by atoms with Gasteiger partial charge >= 0.3 is 0 Å². The Kier molecular flexibility index (Phi) is 7.03. The van der Waals surface area contributed by atoms with Crippen LogP contribution in [0, 0.1) is 11.7 Å². The van der Waals surface area contributed by atoms with Gasteiger partial charge in [-0.1, -0.05) is 32.9 Å². The molecule has 0 aliphatic rings. The van der Waals surface area contributed by atoms with E-state index in [0.717, 1.165) is 31.6 Å². The molecule has 1 aromatic rings. The first-order valence-corrected chi connectivity index (χ1v) is 7.20. The highest BCUT2D eigenvalue weighted by atomic mass is 19.1. The van der Waals surface area contributed by atoms with Crippen LogP contribution in [0.2, 0.25) is 0 Å². The molecule has 3 heteroatoms. The highest BCUT2D eigenvalue weighted by Crippen LogP contribution is 2.13. The van der Waals surface area contributed by atoms with Gasteiger partial charge in [0.15, 0.2) is 0 Å². The third-order valence-electron chi connectivity index (χ3n) is 3.44. The van der Waals surface area contributed by atoms with Gasteiger partial charge in [0.05, 0.1) is 0 Å². The minimum absolute atomic E-state index is 0.156. The molecule has 0 saturated carbocycles. The minimum atomic E-state index is -0.156. The average molecular weight is 266 g/mol. The lowest BCUT2D eigenvalue weighted by Gasteiger charge is -2.31. The maximum absolute atomic E-state index is 13.2. The predicted molar refractivity (Wildman–Crippen MR) is 79.7 cm³/mol. The largest absolute Gasteiger partial charge is 0.315 e. The first-order valence-electron chi connectivity index (χ1n) is 7.20. The van der Waals surface area contributed by atoms with Crippen molar-refractivity contribution in [1.29, 1.82) is 0 Å². The molecule has 108 valence electrons. The second-order valence-corrected chi connectivity index (χ2v) is 5.56. The topological polar surface area (TPSA) is 15.3 Å². The van der Waals surface area contributed by atoms with Crippen LogP contribution >= 0.6 is 0 Å². The summed E-state index contributed by atoms with van der Waals surface area (Å²) in [6, 6.07) is 7.34. The number of nitrogens with one attached hydrogen (secondary N) is 1. The average Bonchev–Trinajstić information content (AvgIpc) is 2.34. The van der Waals surface area contributed by atoms with Crippen LogP contribution in [0.4, 0.5) is 4.39 Å². The summed E-state index contributed by atoms with van der Waals surface area (Å²) < 4.78 is 13.2. The van der Waals surface area contributed by atoms with Gasteiger partial charge in [-0.15, -0.1) is 0 Å². The summed E-state index contributed by atoms with van der Waals surface area (Å²) in [5, 5.41) is 3.48. The maximum Gasteiger partial charge on any atom is 0.123 e. The Bertz CT molecular complexity index is 366. The van der Waals surface area contributed by atoms with E-state index in [4.69, 9.17) is 0 Å². The predicted octanol–water partition coefficient (Wildman–Crippen LogP) is 3.28. The van der Waals surface area contributed by atoms with Crippen molar-refractivity contribution in [3.63, 3.8) is 0 Å². The van der Waals surface area contributed by atoms with E-state index in [1.165, 1.54) is 6.07 Å². The van der Waals surface area contributed by atoms with Crippen molar-refractivity contribution in [3.05, 3.63) is 35.6 Å². The van der Waals surface area contributed by atoms with Crippen molar-refractivity contribution in [3.8, 4) is 0 Å². The van der Waals surface area contributed by atoms with Gasteiger partial charge in [0, 0.05) is 19.1 Å². The van der Waals surface area contributed by atoms with Crippen molar-refractivity contribution in [1.82, 2.24) is 10.2 Å². The van der Waals surface area contributed by atoms with Crippen LogP contribution in [0.3, 0.4) is 0 Å². The van der Waals surface area contributed by atoms with Crippen molar-refractivity contribution >= 4 is 0 Å². The van der Waals surface area contributed by atoms with Gasteiger partial charge in [-0.2, -0.15) is 0 Å². The zero-order valence-electron chi connectivity index (χ0n) is 12.6. The normalized spacial score (nSPS) is 13.2. The number of rotatable bonds is 8. The van der Waals surface area contributed by atoms with Gasteiger partial charge in [0.25, 0.3) is 0 Å². The van der Waals surface area contributed by atoms with E-state index in [2.05, 4.69) is 38.0 Å². The molecule has 0 aromatic heterocycles. The number of nitrogens with zero attached hydrogens (tertiary/aromatic N) is 1. The fourth-order valence-corrected chi connectivity index (χ4v) is 2.37. The third kappa shape index (κ3) is 5.70. The van der Waals surface area contributed by atoms with Crippen LogP contribution in [-0.4, -0.2) is 31.1 Å². The van der Waals surface area contributed by atoms with Gasteiger partial charge in [0.1, 0.15) is 5.82 Å². The lowest BCUT2D eigenvalue weighted by molar-refractivity contribution is 0.180. The first-order chi connectivity index (χ1) is 9.04. The molecule has 2 nitrogen and oxygen atoms in total. The molecule has 19 heavy (non-hydrogen) atoms. The number of benzene rings is 1. The Morgan fingerprint density at radius 3 is 2.63 bits per heavy atom. The van der Waals surface area contributed by atoms with E-state index in [9.17, 15) is 4.39 Å². The van der Waals surface area contributed by atoms with Gasteiger partial charge in [0.2, 0.25) is 0 Å². The molecule has 0 heterocycles. The summed E-state index contributed by atoms with van der Waals surface area (Å²) in [6.45, 7) is 9.47. The standard InChI is InChI=1S/C16H27FN2/c1-5-9-18-11-16(13(2)3)19(4)12-14-7-6-8-15(17)10-14/h6-8,10,13,16,18H,5,9,11-12H2,1-4H3. The molecule has 0 radical (unpaired) electrons. The van der Waals surface area contributed by atoms with Gasteiger partial charge < -0.3 is 5.32 Å². The molecule has 0 amide bonds. The molecule has 1 unspecified atom stereocenters. The fourth-order valence-electron chi connectivity index (χ4n) is 2.37. The first kappa shape index (κ1) is 16.1. The third-order valence-corrected chi connectivity index (χ3v) is 3.44. The number of likely N-dealkylation sites (N-methyl/N-ethyl adjacent to an activating group) is 1. The lowest BCUT2D eigenvalue weighted by Crippen LogP contribution is -2.43. The lowest BCUT2D eigenvalue weighted by atomic mass is 10.0. The quantitative estimate of drug-likeness (QED) is 0.726. The minimum Gasteiger partial charge on any atom is -0.315 e. The van der Waals surface area contributed by atoms with Crippen LogP contribution in [0.25, 0.3) is 0 Å². The van der Waals surface area contributed by atoms with E-state index < -0.39 is 0 Å². The molecule has 1 atom stereocenters. The second kappa shape index (κ2) is 8.28. The van der Waals surface area contributed by atoms with E-state index in [1.807, 2.05) is 6.07 Å². The molecule has 0 saturated heterocycles. The van der Waals surface area contributed by atoms with Crippen LogP contribution < -0.4 is 5.32 Å². The molecule has 1 rings (SSSR count). The number of hydrogen-bond donors (Lipinski definition) is 1. The SMILES string of the molecule is CCCNCC(C(C)C)N(C)Cc1cccc(F)c1. The molecule has 1 aromatic carbocycles. The molecular weight excluding hydrogens is 239 g/mol. The Labute approximate surface area is 117 Å². The zero-order valence-corrected chi connectivity index (χ0v) is 12.6. The highest BCUT2D eigenvalue weighted by Gasteiger charge is 2.18. The summed E-state index contributed by atoms with van der Waals surface area (Å²) in [4.78, 5) is 2.31. The molecule has 0 spiro atoms. The van der Waals surface area contributed by atoms with Crippen molar-refractivity contribution in [2.75, 3.05) is 20.1 Å². The van der Waals surface area contributed by atoms with Crippen LogP contribution in [0.5, 0.6) is 0 Å². The smallest absolute Gasteiger partial charge is 0.123 e. The van der Waals surface area contributed by atoms with E-state index >= 15 is 0 Å². The summed E-state index contributed by atoms with van der Waals surface area (Å²) in [5.74, 6) is 0.416. The fraction of sp³-hybridized carbons (Fsp3) is 0.625. The van der Waals surface area contributed by atoms with E-state index in [1.54, 1.807) is 12.1 Å². The Morgan fingerprint density at radius 2 is 2.05 bits per heavy atom. The number of hydrogen-bond acceptors (Lipinski definition) is 2. The zero-order chi connectivity index (χ0) is 14.3. The van der Waals surface area contributed by atoms with Crippen molar-refractivity contribution < 1.29 is 4.39 Å². The molecule has 0 aliphatic carbocycles. The number of halogens is 1. The summed E-state index contributed by atoms with van der Waals surface area (Å²) in [6.07, 6.45) is 1.15. The maximum atomic E-state index is 13.2. The van der Waals surface area contributed by atoms with E-state index in [-0.39, 0.29) is 5.82 Å². The molecule has 1 N–H and O–H groups in total. The van der Waals surface area contributed by atoms with Gasteiger partial charge in [-0.3, -0.25) is 4.90 Å². The Morgan fingerprint density at radius 1 is 1.32 bits per heavy atom. The van der Waals surface area contributed by atoms with Crippen LogP contribution in [0.1, 0.15) is 32.8 Å². The van der Waals surface area contributed by atoms with Crippen LogP contribution in [0.15, 0.2) is 24.3 Å². The van der Waals surface area contributed by atoms with Gasteiger partial charge in [-0.05, 0) is 43.6 Å². The molecular formula is C16H27FN2. The van der Waals surface area contributed by atoms with Crippen molar-refractivity contribution in [2.45, 2.75) is 39.8 Å². The Hall–Kier alpha value is -0.930. The highest BCUT2D eigenvalue weighted by molar-refractivity contribution is 5.16. The van der Waals surface area contributed by atoms with Gasteiger partial charge in [-0.25, -0.2) is 4.39 Å². The summed E-state index contributed by atoms with van der Waals surface area (Å²) in [7, 11) is 2.11. The molecule has 0 bridgehead atoms. The van der Waals surface area contributed by atoms with Crippen LogP contribution in [-0.2, 0) is 6.54 Å². The summed E-state index contributed by atoms with van der Waals surface area (Å²) >= 11 is 0. The van der Waals surface area contributed by atoms with Crippen molar-refractivity contribution in [2.24, 2.45) is 5.92 Å². The monoisotopic (exact) mass is 266 g/mol. The molecule has 0 fully saturated rings. The summed E-state index contributed by atoms with van der Waals surface area (Å²) in [5.41, 5.74) is 1.03. The molecule has 0 aliphatic heterocycles. The van der Waals surface area contributed by atoms with E-state index in [0.29, 0.717) is 12.0 Å².